The van der Waals surface area contributed by atoms with Crippen molar-refractivity contribution in [3.63, 3.8) is 0 Å². The minimum Gasteiger partial charge on any atom is -0.454 e. The van der Waals surface area contributed by atoms with Gasteiger partial charge in [0.2, 0.25) is 6.79 Å². The normalized spacial score (nSPS) is 24.9. The van der Waals surface area contributed by atoms with E-state index in [2.05, 4.69) is 5.32 Å². The zero-order valence-corrected chi connectivity index (χ0v) is 11.7. The second kappa shape index (κ2) is 5.57. The van der Waals surface area contributed by atoms with Crippen LogP contribution in [0.15, 0.2) is 12.1 Å². The fourth-order valence-corrected chi connectivity index (χ4v) is 3.10. The highest BCUT2D eigenvalue weighted by Crippen LogP contribution is 2.39. The summed E-state index contributed by atoms with van der Waals surface area (Å²) in [7, 11) is 1.78. The lowest BCUT2D eigenvalue weighted by Gasteiger charge is -2.19. The molecule has 0 aromatic heterocycles. The molecule has 3 rings (SSSR count). The van der Waals surface area contributed by atoms with Crippen molar-refractivity contribution < 1.29 is 14.2 Å². The first kappa shape index (κ1) is 13.0. The van der Waals surface area contributed by atoms with Gasteiger partial charge in [0.1, 0.15) is 0 Å². The van der Waals surface area contributed by atoms with Gasteiger partial charge < -0.3 is 19.5 Å². The maximum absolute atomic E-state index is 6.17. The van der Waals surface area contributed by atoms with Gasteiger partial charge in [-0.2, -0.15) is 0 Å². The molecule has 0 bridgehead atoms. The van der Waals surface area contributed by atoms with Crippen molar-refractivity contribution in [2.75, 3.05) is 13.9 Å². The van der Waals surface area contributed by atoms with E-state index < -0.39 is 0 Å². The van der Waals surface area contributed by atoms with Crippen molar-refractivity contribution in [1.29, 1.82) is 0 Å². The van der Waals surface area contributed by atoms with E-state index in [9.17, 15) is 0 Å². The molecule has 19 heavy (non-hydrogen) atoms. The SMILES string of the molecule is COC1CCCC1NCc1cc(Cl)c2c(c1)OCO2. The van der Waals surface area contributed by atoms with E-state index in [1.807, 2.05) is 12.1 Å². The molecule has 1 aromatic rings. The Morgan fingerprint density at radius 2 is 2.26 bits per heavy atom. The van der Waals surface area contributed by atoms with Crippen molar-refractivity contribution in [3.8, 4) is 11.5 Å². The van der Waals surface area contributed by atoms with Gasteiger partial charge in [0.25, 0.3) is 0 Å². The maximum Gasteiger partial charge on any atom is 0.231 e. The van der Waals surface area contributed by atoms with Gasteiger partial charge in [0.05, 0.1) is 11.1 Å². The van der Waals surface area contributed by atoms with Gasteiger partial charge in [-0.1, -0.05) is 11.6 Å². The second-order valence-corrected chi connectivity index (χ2v) is 5.41. The summed E-state index contributed by atoms with van der Waals surface area (Å²) in [5, 5.41) is 4.15. The number of hydrogen-bond donors (Lipinski definition) is 1. The molecule has 1 saturated carbocycles. The largest absolute Gasteiger partial charge is 0.454 e. The summed E-state index contributed by atoms with van der Waals surface area (Å²) in [6.45, 7) is 1.02. The molecular weight excluding hydrogens is 266 g/mol. The topological polar surface area (TPSA) is 39.7 Å². The van der Waals surface area contributed by atoms with Crippen LogP contribution < -0.4 is 14.8 Å². The van der Waals surface area contributed by atoms with Crippen molar-refractivity contribution in [2.24, 2.45) is 0 Å². The molecule has 0 spiro atoms. The summed E-state index contributed by atoms with van der Waals surface area (Å²) in [4.78, 5) is 0. The van der Waals surface area contributed by atoms with Crippen molar-refractivity contribution >= 4 is 11.6 Å². The number of benzene rings is 1. The van der Waals surface area contributed by atoms with Crippen LogP contribution in [0.5, 0.6) is 11.5 Å². The molecule has 1 fully saturated rings. The number of nitrogens with one attached hydrogen (secondary N) is 1. The Bertz CT molecular complexity index is 466. The fourth-order valence-electron chi connectivity index (χ4n) is 2.81. The van der Waals surface area contributed by atoms with Gasteiger partial charge in [-0.15, -0.1) is 0 Å². The van der Waals surface area contributed by atoms with Gasteiger partial charge in [0, 0.05) is 19.7 Å². The Balaban J connectivity index is 1.66. The maximum atomic E-state index is 6.17. The molecule has 1 aliphatic carbocycles. The molecule has 1 aliphatic heterocycles. The lowest BCUT2D eigenvalue weighted by molar-refractivity contribution is 0.0847. The van der Waals surface area contributed by atoms with E-state index in [1.54, 1.807) is 7.11 Å². The highest BCUT2D eigenvalue weighted by atomic mass is 35.5. The van der Waals surface area contributed by atoms with E-state index in [0.29, 0.717) is 22.9 Å². The van der Waals surface area contributed by atoms with Crippen LogP contribution in [0.25, 0.3) is 0 Å². The van der Waals surface area contributed by atoms with E-state index in [4.69, 9.17) is 25.8 Å². The third-order valence-corrected chi connectivity index (χ3v) is 4.09. The summed E-state index contributed by atoms with van der Waals surface area (Å²) < 4.78 is 16.2. The third-order valence-electron chi connectivity index (χ3n) is 3.81. The molecular formula is C14H18ClNO3. The molecule has 0 saturated heterocycles. The average molecular weight is 284 g/mol. The van der Waals surface area contributed by atoms with Crippen molar-refractivity contribution in [1.82, 2.24) is 5.32 Å². The predicted molar refractivity (Wildman–Crippen MR) is 72.9 cm³/mol. The Kier molecular flexibility index (Phi) is 3.82. The minimum absolute atomic E-state index is 0.250. The van der Waals surface area contributed by atoms with Crippen LogP contribution in [0.4, 0.5) is 0 Å². The van der Waals surface area contributed by atoms with E-state index in [1.165, 1.54) is 6.42 Å². The number of halogens is 1. The summed E-state index contributed by atoms with van der Waals surface area (Å²) in [6, 6.07) is 4.34. The highest BCUT2D eigenvalue weighted by molar-refractivity contribution is 6.32. The molecule has 0 amide bonds. The Labute approximate surface area is 118 Å². The molecule has 1 aromatic carbocycles. The fraction of sp³-hybridized carbons (Fsp3) is 0.571. The third kappa shape index (κ3) is 2.66. The molecule has 0 radical (unpaired) electrons. The van der Waals surface area contributed by atoms with Gasteiger partial charge in [0.15, 0.2) is 11.5 Å². The smallest absolute Gasteiger partial charge is 0.231 e. The number of rotatable bonds is 4. The van der Waals surface area contributed by atoms with Crippen LogP contribution in [0, 0.1) is 0 Å². The highest BCUT2D eigenvalue weighted by Gasteiger charge is 2.26. The number of fused-ring (bicyclic) bond motifs is 1. The predicted octanol–water partition coefficient (Wildman–Crippen LogP) is 2.73. The van der Waals surface area contributed by atoms with Crippen LogP contribution >= 0.6 is 11.6 Å². The molecule has 1 heterocycles. The standard InChI is InChI=1S/C14H18ClNO3/c1-17-12-4-2-3-11(12)16-7-9-5-10(15)14-13(6-9)18-8-19-14/h5-6,11-12,16H,2-4,7-8H2,1H3. The first-order valence-corrected chi connectivity index (χ1v) is 7.00. The van der Waals surface area contributed by atoms with Crippen LogP contribution in [0.1, 0.15) is 24.8 Å². The molecule has 2 atom stereocenters. The van der Waals surface area contributed by atoms with Crippen molar-refractivity contribution in [3.05, 3.63) is 22.7 Å². The molecule has 104 valence electrons. The van der Waals surface area contributed by atoms with Crippen LogP contribution in [0.2, 0.25) is 5.02 Å². The second-order valence-electron chi connectivity index (χ2n) is 5.00. The van der Waals surface area contributed by atoms with Gasteiger partial charge in [-0.05, 0) is 37.0 Å². The summed E-state index contributed by atoms with van der Waals surface area (Å²) in [6.07, 6.45) is 3.84. The van der Waals surface area contributed by atoms with E-state index in [-0.39, 0.29) is 6.79 Å². The zero-order valence-electron chi connectivity index (χ0n) is 10.9. The molecule has 2 unspecified atom stereocenters. The lowest BCUT2D eigenvalue weighted by Crippen LogP contribution is -2.36. The van der Waals surface area contributed by atoms with Gasteiger partial charge in [-0.25, -0.2) is 0 Å². The average Bonchev–Trinajstić information content (AvgIpc) is 3.04. The monoisotopic (exact) mass is 283 g/mol. The van der Waals surface area contributed by atoms with Gasteiger partial charge >= 0.3 is 0 Å². The molecule has 5 heteroatoms. The number of hydrogen-bond acceptors (Lipinski definition) is 4. The quantitative estimate of drug-likeness (QED) is 0.922. The zero-order chi connectivity index (χ0) is 13.2. The van der Waals surface area contributed by atoms with E-state index in [0.717, 1.165) is 30.7 Å². The lowest BCUT2D eigenvalue weighted by atomic mass is 10.1. The summed E-state index contributed by atoms with van der Waals surface area (Å²) in [5.41, 5.74) is 1.11. The summed E-state index contributed by atoms with van der Waals surface area (Å²) in [5.74, 6) is 1.39. The van der Waals surface area contributed by atoms with Crippen LogP contribution in [0.3, 0.4) is 0 Å². The Hall–Kier alpha value is -0.970. The Morgan fingerprint density at radius 3 is 3.11 bits per heavy atom. The molecule has 2 aliphatic rings. The Morgan fingerprint density at radius 1 is 1.37 bits per heavy atom. The first-order valence-electron chi connectivity index (χ1n) is 6.62. The number of ether oxygens (including phenoxy) is 3. The van der Waals surface area contributed by atoms with Crippen LogP contribution in [-0.2, 0) is 11.3 Å². The molecule has 1 N–H and O–H groups in total. The van der Waals surface area contributed by atoms with Gasteiger partial charge in [-0.3, -0.25) is 0 Å². The van der Waals surface area contributed by atoms with Crippen LogP contribution in [-0.4, -0.2) is 26.0 Å². The number of methoxy groups -OCH3 is 1. The summed E-state index contributed by atoms with van der Waals surface area (Å²) >= 11 is 6.17. The minimum atomic E-state index is 0.250. The van der Waals surface area contributed by atoms with Crippen molar-refractivity contribution in [2.45, 2.75) is 38.0 Å². The van der Waals surface area contributed by atoms with E-state index >= 15 is 0 Å². The first-order chi connectivity index (χ1) is 9.28. The molecule has 4 nitrogen and oxygen atoms in total.